The van der Waals surface area contributed by atoms with Crippen LogP contribution in [0, 0.1) is 0 Å². The van der Waals surface area contributed by atoms with E-state index in [-0.39, 0.29) is 5.91 Å². The minimum absolute atomic E-state index is 0.117. The first-order chi connectivity index (χ1) is 11.3. The van der Waals surface area contributed by atoms with E-state index in [1.54, 1.807) is 13.4 Å². The third-order valence-electron chi connectivity index (χ3n) is 3.84. The number of rotatable bonds is 7. The molecule has 0 saturated carbocycles. The molecule has 0 bridgehead atoms. The molecule has 122 valence electrons. The molecule has 0 unspecified atom stereocenters. The Morgan fingerprint density at radius 3 is 3.13 bits per heavy atom. The van der Waals surface area contributed by atoms with Gasteiger partial charge in [-0.2, -0.15) is 0 Å². The van der Waals surface area contributed by atoms with Crippen LogP contribution in [0.15, 0.2) is 35.7 Å². The van der Waals surface area contributed by atoms with E-state index in [1.165, 1.54) is 17.3 Å². The first kappa shape index (κ1) is 16.0. The average Bonchev–Trinajstić information content (AvgIpc) is 3.19. The van der Waals surface area contributed by atoms with Crippen LogP contribution in [-0.4, -0.2) is 46.7 Å². The number of para-hydroxylation sites is 1. The predicted octanol–water partition coefficient (Wildman–Crippen LogP) is 2.00. The van der Waals surface area contributed by atoms with Crippen molar-refractivity contribution in [3.63, 3.8) is 0 Å². The number of hydrogen-bond acceptors (Lipinski definition) is 5. The molecular weight excluding hydrogens is 312 g/mol. The zero-order valence-corrected chi connectivity index (χ0v) is 14.0. The van der Waals surface area contributed by atoms with Gasteiger partial charge in [0.1, 0.15) is 6.33 Å². The Morgan fingerprint density at radius 2 is 2.26 bits per heavy atom. The van der Waals surface area contributed by atoms with Gasteiger partial charge < -0.3 is 14.2 Å². The number of fused-ring (bicyclic) bond motifs is 1. The number of aryl methyl sites for hydroxylation is 1. The predicted molar refractivity (Wildman–Crippen MR) is 89.7 cm³/mol. The number of methoxy groups -OCH3 is 1. The normalized spacial score (nSPS) is 13.3. The molecule has 6 nitrogen and oxygen atoms in total. The van der Waals surface area contributed by atoms with Gasteiger partial charge in [-0.3, -0.25) is 4.79 Å². The molecule has 0 fully saturated rings. The van der Waals surface area contributed by atoms with Crippen LogP contribution in [0.3, 0.4) is 0 Å². The smallest absolute Gasteiger partial charge is 0.237 e. The van der Waals surface area contributed by atoms with Crippen molar-refractivity contribution < 1.29 is 9.53 Å². The van der Waals surface area contributed by atoms with E-state index in [4.69, 9.17) is 4.74 Å². The summed E-state index contributed by atoms with van der Waals surface area (Å²) in [5.41, 5.74) is 2.29. The van der Waals surface area contributed by atoms with Crippen LogP contribution in [0.4, 0.5) is 5.69 Å². The van der Waals surface area contributed by atoms with E-state index in [0.29, 0.717) is 12.4 Å². The zero-order chi connectivity index (χ0) is 16.1. The van der Waals surface area contributed by atoms with Crippen molar-refractivity contribution in [3.8, 4) is 0 Å². The van der Waals surface area contributed by atoms with Gasteiger partial charge in [-0.15, -0.1) is 10.2 Å². The van der Waals surface area contributed by atoms with Gasteiger partial charge in [-0.1, -0.05) is 30.0 Å². The number of anilines is 1. The van der Waals surface area contributed by atoms with Crippen molar-refractivity contribution in [2.45, 2.75) is 24.5 Å². The molecule has 1 aliphatic rings. The molecule has 1 aromatic heterocycles. The van der Waals surface area contributed by atoms with Crippen molar-refractivity contribution in [2.24, 2.45) is 0 Å². The Hall–Kier alpha value is -1.86. The van der Waals surface area contributed by atoms with E-state index >= 15 is 0 Å². The molecule has 7 heteroatoms. The molecule has 23 heavy (non-hydrogen) atoms. The molecule has 1 amide bonds. The highest BCUT2D eigenvalue weighted by Gasteiger charge is 2.24. The Labute approximate surface area is 139 Å². The van der Waals surface area contributed by atoms with Crippen molar-refractivity contribution in [1.82, 2.24) is 14.8 Å². The van der Waals surface area contributed by atoms with Gasteiger partial charge in [0, 0.05) is 32.5 Å². The van der Waals surface area contributed by atoms with Crippen LogP contribution >= 0.6 is 11.8 Å². The van der Waals surface area contributed by atoms with Crippen molar-refractivity contribution in [2.75, 3.05) is 30.9 Å². The summed E-state index contributed by atoms with van der Waals surface area (Å²) in [5, 5.41) is 8.82. The number of ether oxygens (including phenoxy) is 1. The van der Waals surface area contributed by atoms with Crippen molar-refractivity contribution in [1.29, 1.82) is 0 Å². The first-order valence-electron chi connectivity index (χ1n) is 7.67. The quantitative estimate of drug-likeness (QED) is 0.573. The van der Waals surface area contributed by atoms with Gasteiger partial charge in [-0.25, -0.2) is 0 Å². The van der Waals surface area contributed by atoms with Crippen LogP contribution in [0.1, 0.15) is 12.0 Å². The molecule has 2 aromatic rings. The van der Waals surface area contributed by atoms with Gasteiger partial charge in [-0.05, 0) is 24.5 Å². The molecule has 0 aliphatic carbocycles. The summed E-state index contributed by atoms with van der Waals surface area (Å²) in [4.78, 5) is 14.4. The molecular formula is C16H20N4O2S. The van der Waals surface area contributed by atoms with Gasteiger partial charge in [0.15, 0.2) is 5.16 Å². The van der Waals surface area contributed by atoms with Gasteiger partial charge in [0.25, 0.3) is 0 Å². The summed E-state index contributed by atoms with van der Waals surface area (Å²) in [7, 11) is 1.69. The molecule has 1 aliphatic heterocycles. The summed E-state index contributed by atoms with van der Waals surface area (Å²) in [6.07, 6.45) is 3.53. The molecule has 1 aromatic carbocycles. The van der Waals surface area contributed by atoms with Crippen LogP contribution in [0.25, 0.3) is 0 Å². The highest BCUT2D eigenvalue weighted by Crippen LogP contribution is 2.28. The zero-order valence-electron chi connectivity index (χ0n) is 13.1. The fourth-order valence-electron chi connectivity index (χ4n) is 2.69. The van der Waals surface area contributed by atoms with Crippen molar-refractivity contribution >= 4 is 23.4 Å². The van der Waals surface area contributed by atoms with Gasteiger partial charge >= 0.3 is 0 Å². The number of carbonyl (C=O) groups excluding carboxylic acids is 1. The summed E-state index contributed by atoms with van der Waals surface area (Å²) in [5.74, 6) is 0.489. The second kappa shape index (κ2) is 7.61. The highest BCUT2D eigenvalue weighted by atomic mass is 32.2. The first-order valence-corrected chi connectivity index (χ1v) is 8.66. The molecule has 0 atom stereocenters. The van der Waals surface area contributed by atoms with E-state index < -0.39 is 0 Å². The monoisotopic (exact) mass is 332 g/mol. The number of hydrogen-bond donors (Lipinski definition) is 0. The fourth-order valence-corrected chi connectivity index (χ4v) is 3.51. The van der Waals surface area contributed by atoms with Gasteiger partial charge in [0.2, 0.25) is 5.91 Å². The molecule has 2 heterocycles. The number of thioether (sulfide) groups is 1. The number of aromatic nitrogens is 3. The molecule has 0 N–H and O–H groups in total. The summed E-state index contributed by atoms with van der Waals surface area (Å²) >= 11 is 1.44. The topological polar surface area (TPSA) is 60.2 Å². The van der Waals surface area contributed by atoms with E-state index in [2.05, 4.69) is 16.3 Å². The fraction of sp³-hybridized carbons (Fsp3) is 0.438. The molecule has 3 rings (SSSR count). The lowest BCUT2D eigenvalue weighted by molar-refractivity contribution is -0.116. The van der Waals surface area contributed by atoms with E-state index in [9.17, 15) is 4.79 Å². The van der Waals surface area contributed by atoms with Crippen LogP contribution in [0.2, 0.25) is 0 Å². The van der Waals surface area contributed by atoms with Crippen LogP contribution in [-0.2, 0) is 22.5 Å². The van der Waals surface area contributed by atoms with E-state index in [1.807, 2.05) is 27.7 Å². The minimum Gasteiger partial charge on any atom is -0.385 e. The summed E-state index contributed by atoms with van der Waals surface area (Å²) in [6, 6.07) is 8.09. The third-order valence-corrected chi connectivity index (χ3v) is 4.81. The van der Waals surface area contributed by atoms with Crippen LogP contribution in [0.5, 0.6) is 0 Å². The molecule has 0 radical (unpaired) electrons. The minimum atomic E-state index is 0.117. The average molecular weight is 332 g/mol. The largest absolute Gasteiger partial charge is 0.385 e. The standard InChI is InChI=1S/C16H20N4O2S/c1-22-10-4-8-19-12-17-18-16(19)23-11-15(21)20-9-7-13-5-2-3-6-14(13)20/h2-3,5-6,12H,4,7-11H2,1H3. The van der Waals surface area contributed by atoms with Gasteiger partial charge in [0.05, 0.1) is 5.75 Å². The second-order valence-corrected chi connectivity index (χ2v) is 6.31. The summed E-state index contributed by atoms with van der Waals surface area (Å²) in [6.45, 7) is 2.26. The lowest BCUT2D eigenvalue weighted by Crippen LogP contribution is -2.30. The SMILES string of the molecule is COCCCn1cnnc1SCC(=O)N1CCc2ccccc21. The lowest BCUT2D eigenvalue weighted by atomic mass is 10.2. The lowest BCUT2D eigenvalue weighted by Gasteiger charge is -2.16. The second-order valence-electron chi connectivity index (χ2n) is 5.37. The summed E-state index contributed by atoms with van der Waals surface area (Å²) < 4.78 is 7.02. The Kier molecular flexibility index (Phi) is 5.30. The Balaban J connectivity index is 1.57. The van der Waals surface area contributed by atoms with Crippen molar-refractivity contribution in [3.05, 3.63) is 36.2 Å². The maximum Gasteiger partial charge on any atom is 0.237 e. The third kappa shape index (κ3) is 3.73. The Morgan fingerprint density at radius 1 is 1.39 bits per heavy atom. The highest BCUT2D eigenvalue weighted by molar-refractivity contribution is 7.99. The maximum atomic E-state index is 12.5. The number of nitrogens with zero attached hydrogens (tertiary/aromatic N) is 4. The Bertz CT molecular complexity index is 674. The van der Waals surface area contributed by atoms with Crippen LogP contribution < -0.4 is 4.90 Å². The number of amides is 1. The van der Waals surface area contributed by atoms with E-state index in [0.717, 1.165) is 36.8 Å². The number of carbonyl (C=O) groups is 1. The molecule has 0 saturated heterocycles. The maximum absolute atomic E-state index is 12.5. The molecule has 0 spiro atoms. The number of benzene rings is 1.